The molecule has 0 nitrogen and oxygen atoms in total. The molecule has 2 heteroatoms. The number of benzene rings is 2. The molecule has 0 aliphatic carbocycles. The van der Waals surface area contributed by atoms with Crippen LogP contribution in [-0.4, -0.2) is 18.4 Å². The summed E-state index contributed by atoms with van der Waals surface area (Å²) in [6.45, 7) is 0. The van der Waals surface area contributed by atoms with Crippen LogP contribution in [0.1, 0.15) is 0 Å². The first kappa shape index (κ1) is 10.6. The van der Waals surface area contributed by atoms with E-state index in [-0.39, 0.29) is 0 Å². The molecule has 0 bridgehead atoms. The van der Waals surface area contributed by atoms with Gasteiger partial charge in [-0.25, -0.2) is 0 Å². The molecular weight excluding hydrogens is 478 g/mol. The Labute approximate surface area is 102 Å². The Kier molecular flexibility index (Phi) is 3.98. The second kappa shape index (κ2) is 5.25. The minimum atomic E-state index is -1.70. The molecule has 0 saturated carbocycles. The summed E-state index contributed by atoms with van der Waals surface area (Å²) in [6.07, 6.45) is 0. The molecule has 0 atom stereocenters. The summed E-state index contributed by atoms with van der Waals surface area (Å²) in [7, 11) is 0. The third kappa shape index (κ3) is 2.56. The Balaban J connectivity index is 2.30. The van der Waals surface area contributed by atoms with Crippen LogP contribution < -0.4 is 6.25 Å². The van der Waals surface area contributed by atoms with Gasteiger partial charge in [0.05, 0.1) is 0 Å². The van der Waals surface area contributed by atoms with Gasteiger partial charge in [0.1, 0.15) is 0 Å². The Bertz CT molecular complexity index is 346. The molecule has 2 aromatic carbocycles. The van der Waals surface area contributed by atoms with Crippen LogP contribution in [0.25, 0.3) is 0 Å². The van der Waals surface area contributed by atoms with E-state index in [1.807, 2.05) is 0 Å². The van der Waals surface area contributed by atoms with E-state index in [1.54, 1.807) is 6.25 Å². The van der Waals surface area contributed by atoms with Crippen molar-refractivity contribution in [2.45, 2.75) is 0 Å². The van der Waals surface area contributed by atoms with Crippen LogP contribution in [0.15, 0.2) is 60.7 Å². The van der Waals surface area contributed by atoms with Gasteiger partial charge < -0.3 is 0 Å². The molecule has 0 heterocycles. The molecule has 0 aliphatic heterocycles. The molecule has 0 aliphatic rings. The van der Waals surface area contributed by atoms with Crippen molar-refractivity contribution >= 4 is 42.4 Å². The molecule has 0 saturated heterocycles. The van der Waals surface area contributed by atoms with E-state index in [9.17, 15) is 0 Å². The summed E-state index contributed by atoms with van der Waals surface area (Å²) < 4.78 is 3.15. The molecular formula is C12H10IPb. The van der Waals surface area contributed by atoms with Crippen molar-refractivity contribution in [3.05, 3.63) is 60.7 Å². The van der Waals surface area contributed by atoms with Crippen LogP contribution in [-0.2, 0) is 0 Å². The number of halogens is 1. The Hall–Kier alpha value is 0.0921. The predicted octanol–water partition coefficient (Wildman–Crippen LogP) is 2.23. The molecule has 14 heavy (non-hydrogen) atoms. The molecule has 0 fully saturated rings. The topological polar surface area (TPSA) is 0 Å². The van der Waals surface area contributed by atoms with Gasteiger partial charge in [-0.05, 0) is 0 Å². The molecule has 2 aromatic rings. The fourth-order valence-corrected chi connectivity index (χ4v) is 12.7. The van der Waals surface area contributed by atoms with Gasteiger partial charge >= 0.3 is 103 Å². The number of rotatable bonds is 2. The summed E-state index contributed by atoms with van der Waals surface area (Å²) in [4.78, 5) is 0. The summed E-state index contributed by atoms with van der Waals surface area (Å²) in [5.74, 6) is 0. The summed E-state index contributed by atoms with van der Waals surface area (Å²) in [5, 5.41) is 0. The second-order valence-electron chi connectivity index (χ2n) is 3.05. The molecule has 2 rings (SSSR count). The fraction of sp³-hybridized carbons (Fsp3) is 0. The van der Waals surface area contributed by atoms with Gasteiger partial charge in [0.25, 0.3) is 0 Å². The van der Waals surface area contributed by atoms with Crippen molar-refractivity contribution in [2.24, 2.45) is 0 Å². The Morgan fingerprint density at radius 1 is 0.643 bits per heavy atom. The van der Waals surface area contributed by atoms with Gasteiger partial charge in [0.15, 0.2) is 0 Å². The fourth-order valence-electron chi connectivity index (χ4n) is 1.34. The zero-order valence-electron chi connectivity index (χ0n) is 7.65. The molecule has 0 aromatic heterocycles. The van der Waals surface area contributed by atoms with Gasteiger partial charge in [0.2, 0.25) is 0 Å². The van der Waals surface area contributed by atoms with E-state index in [1.165, 1.54) is 0 Å². The van der Waals surface area contributed by atoms with Crippen molar-refractivity contribution in [3.63, 3.8) is 0 Å². The normalized spacial score (nSPS) is 10.4. The van der Waals surface area contributed by atoms with Crippen molar-refractivity contribution in [1.29, 1.82) is 0 Å². The number of hydrogen-bond donors (Lipinski definition) is 0. The standard InChI is InChI=1S/2C6H5.HI.Pb/c2*1-2-4-6-5-3-1;;/h2*1-5H;1H;/q;;;+1/p-1. The van der Waals surface area contributed by atoms with E-state index in [2.05, 4.69) is 78.4 Å². The van der Waals surface area contributed by atoms with Crippen LogP contribution in [0.5, 0.6) is 0 Å². The molecule has 0 N–H and O–H groups in total. The van der Waals surface area contributed by atoms with Crippen LogP contribution in [0.4, 0.5) is 0 Å². The Morgan fingerprint density at radius 3 is 1.36 bits per heavy atom. The van der Waals surface area contributed by atoms with Gasteiger partial charge in [-0.1, -0.05) is 0 Å². The van der Waals surface area contributed by atoms with Gasteiger partial charge in [-0.15, -0.1) is 0 Å². The first-order valence-corrected chi connectivity index (χ1v) is 19.3. The minimum absolute atomic E-state index is 1.57. The second-order valence-corrected chi connectivity index (χ2v) is 19.4. The first-order chi connectivity index (χ1) is 6.88. The first-order valence-electron chi connectivity index (χ1n) is 4.51. The quantitative estimate of drug-likeness (QED) is 0.450. The van der Waals surface area contributed by atoms with E-state index in [0.717, 1.165) is 0 Å². The average Bonchev–Trinajstić information content (AvgIpc) is 2.30. The number of hydrogen-bond acceptors (Lipinski definition) is 0. The van der Waals surface area contributed by atoms with Crippen LogP contribution in [0, 0.1) is 0 Å². The van der Waals surface area contributed by atoms with Crippen LogP contribution in [0.2, 0.25) is 0 Å². The maximum absolute atomic E-state index is 2.69. The maximum atomic E-state index is 2.69. The summed E-state index contributed by atoms with van der Waals surface area (Å²) >= 11 is 0.989. The molecule has 69 valence electrons. The zero-order valence-corrected chi connectivity index (χ0v) is 13.7. The monoisotopic (exact) mass is 489 g/mol. The molecule has 0 amide bonds. The molecule has 1 radical (unpaired) electrons. The van der Waals surface area contributed by atoms with E-state index >= 15 is 0 Å². The molecule has 0 unspecified atom stereocenters. The van der Waals surface area contributed by atoms with Crippen LogP contribution in [0.3, 0.4) is 0 Å². The van der Waals surface area contributed by atoms with Crippen molar-refractivity contribution in [3.8, 4) is 0 Å². The summed E-state index contributed by atoms with van der Waals surface area (Å²) in [6, 6.07) is 21.8. The van der Waals surface area contributed by atoms with Gasteiger partial charge in [-0.2, -0.15) is 0 Å². The van der Waals surface area contributed by atoms with E-state index in [0.29, 0.717) is 0 Å². The summed E-state index contributed by atoms with van der Waals surface area (Å²) in [5.41, 5.74) is 0. The zero-order chi connectivity index (χ0) is 9.80. The van der Waals surface area contributed by atoms with E-state index in [4.69, 9.17) is 0 Å². The third-order valence-electron chi connectivity index (χ3n) is 2.05. The Morgan fingerprint density at radius 2 is 1.00 bits per heavy atom. The van der Waals surface area contributed by atoms with Gasteiger partial charge in [-0.3, -0.25) is 0 Å². The van der Waals surface area contributed by atoms with Crippen molar-refractivity contribution in [1.82, 2.24) is 0 Å². The average molecular weight is 488 g/mol. The van der Waals surface area contributed by atoms with E-state index < -0.39 is 18.4 Å². The SMILES string of the molecule is [I][Pb]([c]1ccccc1)[c]1ccccc1. The van der Waals surface area contributed by atoms with Crippen molar-refractivity contribution in [2.75, 3.05) is 0 Å². The third-order valence-corrected chi connectivity index (χ3v) is 19.5. The van der Waals surface area contributed by atoms with Gasteiger partial charge in [0, 0.05) is 0 Å². The van der Waals surface area contributed by atoms with Crippen LogP contribution >= 0.6 is 17.8 Å². The van der Waals surface area contributed by atoms with Crippen molar-refractivity contribution < 1.29 is 0 Å². The molecule has 0 spiro atoms. The predicted molar refractivity (Wildman–Crippen MR) is 71.9 cm³/mol.